The molecule has 0 fully saturated rings. The van der Waals surface area contributed by atoms with Crippen molar-refractivity contribution in [2.45, 2.75) is 64.2 Å². The largest absolute Gasteiger partial charge is 0.278 e. The van der Waals surface area contributed by atoms with Gasteiger partial charge in [0.15, 0.2) is 11.6 Å². The van der Waals surface area contributed by atoms with Gasteiger partial charge in [0.2, 0.25) is 22.5 Å². The van der Waals surface area contributed by atoms with Gasteiger partial charge < -0.3 is 0 Å². The van der Waals surface area contributed by atoms with Crippen LogP contribution in [0.1, 0.15) is 86.1 Å². The normalized spacial score (nSPS) is 14.7. The molecule has 4 heterocycles. The summed E-state index contributed by atoms with van der Waals surface area (Å²) in [5.74, 6) is 2.29. The molecule has 0 amide bonds. The van der Waals surface area contributed by atoms with Crippen LogP contribution < -0.4 is 9.80 Å². The SMILES string of the molecule is CC1(C)c2ccccc2Cc2ccccc21.CC1(C)c2ccccc2N(c2nc(-c3ccccc3)nc(N3c4ccccc4C(C)(C)c4ccccc43)n2)c2ccccc21.Clc1nc(Cl)nc(-c2ccccc2)n1. The molecule has 13 rings (SSSR count). The van der Waals surface area contributed by atoms with E-state index in [0.29, 0.717) is 23.5 Å². The van der Waals surface area contributed by atoms with Crippen LogP contribution in [0.3, 0.4) is 0 Å². The molecule has 0 saturated carbocycles. The lowest BCUT2D eigenvalue weighted by atomic mass is 9.69. The summed E-state index contributed by atoms with van der Waals surface area (Å²) in [5, 5.41) is 0.202. The first-order valence-electron chi connectivity index (χ1n) is 24.9. The predicted octanol–water partition coefficient (Wildman–Crippen LogP) is 16.5. The van der Waals surface area contributed by atoms with Crippen molar-refractivity contribution in [2.24, 2.45) is 0 Å². The van der Waals surface area contributed by atoms with Gasteiger partial charge in [0, 0.05) is 27.4 Å². The second-order valence-corrected chi connectivity index (χ2v) is 21.0. The fraction of sp³-hybridized carbons (Fsp3) is 0.156. The number of hydrogen-bond donors (Lipinski definition) is 0. The Bertz CT molecular complexity index is 3400. The van der Waals surface area contributed by atoms with Gasteiger partial charge in [-0.25, -0.2) is 0 Å². The zero-order valence-electron chi connectivity index (χ0n) is 42.2. The molecular formula is C64H54Cl2N8. The van der Waals surface area contributed by atoms with E-state index in [1.807, 2.05) is 48.5 Å². The first kappa shape index (κ1) is 48.2. The zero-order chi connectivity index (χ0) is 51.2. The molecule has 364 valence electrons. The average Bonchev–Trinajstić information content (AvgIpc) is 3.42. The molecule has 10 aromatic rings. The lowest BCUT2D eigenvalue weighted by Gasteiger charge is -2.42. The molecule has 0 saturated heterocycles. The minimum Gasteiger partial charge on any atom is -0.278 e. The van der Waals surface area contributed by atoms with E-state index in [1.165, 1.54) is 44.5 Å². The van der Waals surface area contributed by atoms with Gasteiger partial charge in [0.1, 0.15) is 0 Å². The van der Waals surface area contributed by atoms with Gasteiger partial charge in [0.05, 0.1) is 22.7 Å². The maximum atomic E-state index is 5.65. The summed E-state index contributed by atoms with van der Waals surface area (Å²) in [6.45, 7) is 13.8. The Morgan fingerprint density at radius 1 is 0.311 bits per heavy atom. The molecule has 0 bridgehead atoms. The molecule has 1 aliphatic carbocycles. The van der Waals surface area contributed by atoms with E-state index in [0.717, 1.165) is 40.3 Å². The third-order valence-corrected chi connectivity index (χ3v) is 15.0. The number of hydrogen-bond acceptors (Lipinski definition) is 8. The Labute approximate surface area is 443 Å². The summed E-state index contributed by atoms with van der Waals surface area (Å²) in [5.41, 5.74) is 16.7. The van der Waals surface area contributed by atoms with Crippen LogP contribution in [0.25, 0.3) is 22.8 Å². The van der Waals surface area contributed by atoms with Crippen LogP contribution >= 0.6 is 23.2 Å². The monoisotopic (exact) mass is 1000 g/mol. The summed E-state index contributed by atoms with van der Waals surface area (Å²) in [4.78, 5) is 31.7. The summed E-state index contributed by atoms with van der Waals surface area (Å²) >= 11 is 11.3. The van der Waals surface area contributed by atoms with Crippen LogP contribution in [0.15, 0.2) is 206 Å². The Balaban J connectivity index is 0.000000158. The van der Waals surface area contributed by atoms with Crippen LogP contribution in [0.5, 0.6) is 0 Å². The number of fused-ring (bicyclic) bond motifs is 6. The highest BCUT2D eigenvalue weighted by Gasteiger charge is 2.40. The highest BCUT2D eigenvalue weighted by Crippen LogP contribution is 2.54. The predicted molar refractivity (Wildman–Crippen MR) is 302 cm³/mol. The molecule has 0 N–H and O–H groups in total. The standard InChI is InChI=1S/C39H33N5.C16H16.C9H5Cl2N3/c1-38(2)27-18-8-12-22-31(27)43(32-23-13-9-19-28(32)38)36-40-35(26-16-6-5-7-17-26)41-37(42-36)44-33-24-14-10-20-29(33)39(3,4)30-21-11-15-25-34(30)44;1-16(2)14-9-5-3-7-12(14)11-13-8-4-6-10-15(13)16;10-8-12-7(13-9(11)14-8)6-4-2-1-3-5-6/h5-25H,1-4H3;3-10H,11H2,1-2H3;1-5H. The van der Waals surface area contributed by atoms with Crippen molar-refractivity contribution in [2.75, 3.05) is 9.80 Å². The topological polar surface area (TPSA) is 83.8 Å². The maximum absolute atomic E-state index is 5.65. The van der Waals surface area contributed by atoms with Crippen molar-refractivity contribution in [3.05, 3.63) is 261 Å². The van der Waals surface area contributed by atoms with Crippen LogP contribution in [0.2, 0.25) is 10.6 Å². The fourth-order valence-electron chi connectivity index (χ4n) is 11.0. The Morgan fingerprint density at radius 3 is 0.959 bits per heavy atom. The molecule has 2 aromatic heterocycles. The van der Waals surface area contributed by atoms with Gasteiger partial charge in [-0.15, -0.1) is 0 Å². The number of nitrogens with zero attached hydrogens (tertiary/aromatic N) is 8. The van der Waals surface area contributed by atoms with E-state index < -0.39 is 0 Å². The maximum Gasteiger partial charge on any atom is 0.240 e. The number of aromatic nitrogens is 6. The van der Waals surface area contributed by atoms with Crippen molar-refractivity contribution >= 4 is 57.8 Å². The second kappa shape index (κ2) is 19.4. The first-order chi connectivity index (χ1) is 35.8. The van der Waals surface area contributed by atoms with Gasteiger partial charge in [-0.05, 0) is 98.4 Å². The Kier molecular flexibility index (Phi) is 12.7. The molecule has 8 aromatic carbocycles. The lowest BCUT2D eigenvalue weighted by molar-refractivity contribution is 0.610. The van der Waals surface area contributed by atoms with Crippen molar-refractivity contribution in [1.29, 1.82) is 0 Å². The highest BCUT2D eigenvalue weighted by atomic mass is 35.5. The van der Waals surface area contributed by atoms with Gasteiger partial charge >= 0.3 is 0 Å². The molecule has 2 aliphatic heterocycles. The Hall–Kier alpha value is -8.04. The van der Waals surface area contributed by atoms with Crippen molar-refractivity contribution in [3.63, 3.8) is 0 Å². The summed E-state index contributed by atoms with van der Waals surface area (Å²) < 4.78 is 0. The third kappa shape index (κ3) is 8.78. The lowest BCUT2D eigenvalue weighted by Crippen LogP contribution is -2.33. The van der Waals surface area contributed by atoms with E-state index in [1.54, 1.807) is 0 Å². The molecule has 3 aliphatic rings. The first-order valence-corrected chi connectivity index (χ1v) is 25.7. The van der Waals surface area contributed by atoms with Crippen molar-refractivity contribution in [1.82, 2.24) is 29.9 Å². The number of benzene rings is 8. The minimum atomic E-state index is -0.182. The minimum absolute atomic E-state index is 0.101. The van der Waals surface area contributed by atoms with Crippen LogP contribution in [-0.2, 0) is 22.7 Å². The van der Waals surface area contributed by atoms with Crippen molar-refractivity contribution < 1.29 is 0 Å². The van der Waals surface area contributed by atoms with E-state index in [-0.39, 0.29) is 26.8 Å². The molecule has 8 nitrogen and oxygen atoms in total. The smallest absolute Gasteiger partial charge is 0.240 e. The van der Waals surface area contributed by atoms with Gasteiger partial charge in [-0.1, -0.05) is 224 Å². The van der Waals surface area contributed by atoms with E-state index in [2.05, 4.69) is 224 Å². The fourth-order valence-corrected chi connectivity index (χ4v) is 11.4. The average molecular weight is 1010 g/mol. The number of anilines is 6. The molecule has 10 heteroatoms. The summed E-state index contributed by atoms with van der Waals surface area (Å²) in [6.07, 6.45) is 1.08. The molecular weight excluding hydrogens is 952 g/mol. The highest BCUT2D eigenvalue weighted by molar-refractivity contribution is 6.31. The van der Waals surface area contributed by atoms with Gasteiger partial charge in [-0.3, -0.25) is 9.80 Å². The van der Waals surface area contributed by atoms with Crippen LogP contribution in [-0.4, -0.2) is 29.9 Å². The molecule has 0 unspecified atom stereocenters. The summed E-state index contributed by atoms with van der Waals surface area (Å²) in [7, 11) is 0. The van der Waals surface area contributed by atoms with Gasteiger partial charge in [-0.2, -0.15) is 29.9 Å². The van der Waals surface area contributed by atoms with Gasteiger partial charge in [0.25, 0.3) is 0 Å². The summed E-state index contributed by atoms with van der Waals surface area (Å²) in [6, 6.07) is 71.7. The van der Waals surface area contributed by atoms with Crippen LogP contribution in [0.4, 0.5) is 34.6 Å². The van der Waals surface area contributed by atoms with Crippen LogP contribution in [0, 0.1) is 0 Å². The van der Waals surface area contributed by atoms with Crippen molar-refractivity contribution in [3.8, 4) is 22.8 Å². The third-order valence-electron chi connectivity index (χ3n) is 14.7. The van der Waals surface area contributed by atoms with E-state index in [9.17, 15) is 0 Å². The number of halogens is 2. The zero-order valence-corrected chi connectivity index (χ0v) is 43.7. The number of rotatable bonds is 4. The molecule has 0 spiro atoms. The second-order valence-electron chi connectivity index (χ2n) is 20.3. The molecule has 74 heavy (non-hydrogen) atoms. The van der Waals surface area contributed by atoms with E-state index >= 15 is 0 Å². The molecule has 0 radical (unpaired) electrons. The van der Waals surface area contributed by atoms with E-state index in [4.69, 9.17) is 38.2 Å². The number of para-hydroxylation sites is 4. The molecule has 0 atom stereocenters. The Morgan fingerprint density at radius 2 is 0.595 bits per heavy atom. The quantitative estimate of drug-likeness (QED) is 0.172.